The first-order chi connectivity index (χ1) is 13.7. The molecule has 0 bridgehead atoms. The summed E-state index contributed by atoms with van der Waals surface area (Å²) in [7, 11) is 0. The van der Waals surface area contributed by atoms with Crippen molar-refractivity contribution in [2.45, 2.75) is 43.6 Å². The Labute approximate surface area is 167 Å². The van der Waals surface area contributed by atoms with Crippen LogP contribution in [0.15, 0.2) is 47.6 Å². The molecular formula is C20H23N5O2S. The van der Waals surface area contributed by atoms with Gasteiger partial charge < -0.3 is 10.1 Å². The van der Waals surface area contributed by atoms with Crippen molar-refractivity contribution in [1.82, 2.24) is 25.5 Å². The second-order valence-corrected chi connectivity index (χ2v) is 7.91. The van der Waals surface area contributed by atoms with Gasteiger partial charge in [0.2, 0.25) is 11.1 Å². The normalized spacial score (nSPS) is 17.7. The minimum atomic E-state index is -0.0689. The molecule has 0 aliphatic carbocycles. The minimum absolute atomic E-state index is 0.0441. The fraction of sp³-hybridized carbons (Fsp3) is 0.400. The lowest BCUT2D eigenvalue weighted by atomic mass is 10.0. The van der Waals surface area contributed by atoms with Crippen LogP contribution in [0.25, 0.3) is 10.8 Å². The van der Waals surface area contributed by atoms with Gasteiger partial charge in [0.15, 0.2) is 0 Å². The maximum atomic E-state index is 12.4. The second kappa shape index (κ2) is 8.70. The van der Waals surface area contributed by atoms with E-state index in [2.05, 4.69) is 51.2 Å². The van der Waals surface area contributed by atoms with Gasteiger partial charge in [0.1, 0.15) is 0 Å². The van der Waals surface area contributed by atoms with Crippen LogP contribution < -0.4 is 5.32 Å². The summed E-state index contributed by atoms with van der Waals surface area (Å²) in [4.78, 5) is 12.4. The van der Waals surface area contributed by atoms with Crippen LogP contribution in [0.3, 0.4) is 0 Å². The molecule has 0 radical (unpaired) electrons. The predicted molar refractivity (Wildman–Crippen MR) is 108 cm³/mol. The summed E-state index contributed by atoms with van der Waals surface area (Å²) >= 11 is 1.34. The summed E-state index contributed by atoms with van der Waals surface area (Å²) in [5.41, 5.74) is 1.08. The molecule has 28 heavy (non-hydrogen) atoms. The van der Waals surface area contributed by atoms with Gasteiger partial charge in [-0.05, 0) is 52.6 Å². The van der Waals surface area contributed by atoms with Gasteiger partial charge >= 0.3 is 0 Å². The monoisotopic (exact) mass is 397 g/mol. The smallest absolute Gasteiger partial charge is 0.230 e. The van der Waals surface area contributed by atoms with Crippen molar-refractivity contribution >= 4 is 28.4 Å². The number of nitrogens with one attached hydrogen (secondary N) is 1. The Morgan fingerprint density at radius 2 is 2.18 bits per heavy atom. The zero-order chi connectivity index (χ0) is 19.3. The predicted octanol–water partition coefficient (Wildman–Crippen LogP) is 2.97. The summed E-state index contributed by atoms with van der Waals surface area (Å²) < 4.78 is 7.36. The van der Waals surface area contributed by atoms with Crippen molar-refractivity contribution < 1.29 is 9.53 Å². The van der Waals surface area contributed by atoms with Gasteiger partial charge in [-0.2, -0.15) is 0 Å². The molecule has 1 fully saturated rings. The minimum Gasteiger partial charge on any atom is -0.376 e. The summed E-state index contributed by atoms with van der Waals surface area (Å²) in [6, 6.07) is 14.4. The average molecular weight is 398 g/mol. The van der Waals surface area contributed by atoms with Crippen LogP contribution in [0.5, 0.6) is 0 Å². The SMILES string of the molecule is C[C@@H](NC(=O)CSc1nnnn1C[C@H]1CCCO1)c1ccc2ccccc2c1. The Morgan fingerprint density at radius 3 is 3.00 bits per heavy atom. The van der Waals surface area contributed by atoms with Crippen LogP contribution in [0.2, 0.25) is 0 Å². The van der Waals surface area contributed by atoms with Crippen molar-refractivity contribution in [3.05, 3.63) is 48.0 Å². The number of fused-ring (bicyclic) bond motifs is 1. The Hall–Kier alpha value is -2.45. The van der Waals surface area contributed by atoms with Gasteiger partial charge in [-0.15, -0.1) is 5.10 Å². The van der Waals surface area contributed by atoms with Crippen molar-refractivity contribution in [2.24, 2.45) is 0 Å². The molecule has 2 aromatic carbocycles. The first-order valence-corrected chi connectivity index (χ1v) is 10.5. The number of benzene rings is 2. The topological polar surface area (TPSA) is 81.9 Å². The highest BCUT2D eigenvalue weighted by Crippen LogP contribution is 2.21. The van der Waals surface area contributed by atoms with Gasteiger partial charge in [0.05, 0.1) is 24.4 Å². The van der Waals surface area contributed by atoms with E-state index in [0.717, 1.165) is 25.0 Å². The molecule has 0 saturated carbocycles. The first-order valence-electron chi connectivity index (χ1n) is 9.47. The molecule has 1 aliphatic rings. The van der Waals surface area contributed by atoms with Crippen molar-refractivity contribution in [2.75, 3.05) is 12.4 Å². The molecule has 0 spiro atoms. The van der Waals surface area contributed by atoms with E-state index in [0.29, 0.717) is 11.7 Å². The molecule has 4 rings (SSSR count). The first kappa shape index (κ1) is 18.9. The van der Waals surface area contributed by atoms with Gasteiger partial charge in [-0.3, -0.25) is 4.79 Å². The highest BCUT2D eigenvalue weighted by atomic mass is 32.2. The lowest BCUT2D eigenvalue weighted by molar-refractivity contribution is -0.119. The van der Waals surface area contributed by atoms with Gasteiger partial charge in [0.25, 0.3) is 0 Å². The average Bonchev–Trinajstić information content (AvgIpc) is 3.38. The van der Waals surface area contributed by atoms with E-state index < -0.39 is 0 Å². The Bertz CT molecular complexity index is 954. The molecule has 1 aromatic heterocycles. The van der Waals surface area contributed by atoms with E-state index in [4.69, 9.17) is 4.74 Å². The quantitative estimate of drug-likeness (QED) is 0.617. The third-order valence-electron chi connectivity index (χ3n) is 4.88. The Balaban J connectivity index is 1.32. The van der Waals surface area contributed by atoms with Crippen LogP contribution in [-0.2, 0) is 16.1 Å². The fourth-order valence-electron chi connectivity index (χ4n) is 3.37. The van der Waals surface area contributed by atoms with E-state index in [9.17, 15) is 4.79 Å². The molecule has 1 aliphatic heterocycles. The molecule has 1 N–H and O–H groups in total. The fourth-order valence-corrected chi connectivity index (χ4v) is 4.07. The van der Waals surface area contributed by atoms with E-state index >= 15 is 0 Å². The van der Waals surface area contributed by atoms with Crippen molar-refractivity contribution in [1.29, 1.82) is 0 Å². The van der Waals surface area contributed by atoms with Crippen LogP contribution >= 0.6 is 11.8 Å². The molecular weight excluding hydrogens is 374 g/mol. The van der Waals surface area contributed by atoms with Crippen LogP contribution in [-0.4, -0.2) is 44.6 Å². The number of hydrogen-bond acceptors (Lipinski definition) is 6. The number of ether oxygens (including phenoxy) is 1. The lowest BCUT2D eigenvalue weighted by Crippen LogP contribution is -2.28. The van der Waals surface area contributed by atoms with E-state index in [1.165, 1.54) is 22.5 Å². The third-order valence-corrected chi connectivity index (χ3v) is 5.84. The zero-order valence-corrected chi connectivity index (χ0v) is 16.6. The molecule has 2 heterocycles. The highest BCUT2D eigenvalue weighted by Gasteiger charge is 2.19. The largest absolute Gasteiger partial charge is 0.376 e. The molecule has 3 aromatic rings. The molecule has 146 valence electrons. The number of thioether (sulfide) groups is 1. The van der Waals surface area contributed by atoms with Crippen LogP contribution in [0.1, 0.15) is 31.4 Å². The standard InChI is InChI=1S/C20H23N5O2S/c1-14(16-9-8-15-5-2-3-6-17(15)11-16)21-19(26)13-28-20-22-23-24-25(20)12-18-7-4-10-27-18/h2-3,5-6,8-9,11,14,18H,4,7,10,12-13H2,1H3,(H,21,26)/t14-,18-/m1/s1. The molecule has 1 saturated heterocycles. The van der Waals surface area contributed by atoms with Crippen LogP contribution in [0.4, 0.5) is 0 Å². The van der Waals surface area contributed by atoms with Gasteiger partial charge in [-0.25, -0.2) is 4.68 Å². The summed E-state index contributed by atoms with van der Waals surface area (Å²) in [6.07, 6.45) is 2.25. The summed E-state index contributed by atoms with van der Waals surface area (Å²) in [5.74, 6) is 0.224. The Kier molecular flexibility index (Phi) is 5.87. The number of aromatic nitrogens is 4. The molecule has 7 nitrogen and oxygen atoms in total. The number of nitrogens with zero attached hydrogens (tertiary/aromatic N) is 4. The third kappa shape index (κ3) is 4.51. The highest BCUT2D eigenvalue weighted by molar-refractivity contribution is 7.99. The van der Waals surface area contributed by atoms with Gasteiger partial charge in [0, 0.05) is 6.61 Å². The van der Waals surface area contributed by atoms with E-state index in [1.807, 2.05) is 19.1 Å². The van der Waals surface area contributed by atoms with Crippen LogP contribution in [0, 0.1) is 0 Å². The zero-order valence-electron chi connectivity index (χ0n) is 15.7. The molecule has 0 unspecified atom stereocenters. The maximum absolute atomic E-state index is 12.4. The van der Waals surface area contributed by atoms with Gasteiger partial charge in [-0.1, -0.05) is 48.2 Å². The van der Waals surface area contributed by atoms with E-state index in [1.54, 1.807) is 4.68 Å². The van der Waals surface area contributed by atoms with E-state index in [-0.39, 0.29) is 23.8 Å². The summed E-state index contributed by atoms with van der Waals surface area (Å²) in [5, 5.41) is 17.8. The number of tetrazole rings is 1. The van der Waals surface area contributed by atoms with Crippen molar-refractivity contribution in [3.8, 4) is 0 Å². The Morgan fingerprint density at radius 1 is 1.32 bits per heavy atom. The van der Waals surface area contributed by atoms with Crippen molar-refractivity contribution in [3.63, 3.8) is 0 Å². The summed E-state index contributed by atoms with van der Waals surface area (Å²) in [6.45, 7) is 3.42. The second-order valence-electron chi connectivity index (χ2n) is 6.96. The number of carbonyl (C=O) groups excluding carboxylic acids is 1. The molecule has 8 heteroatoms. The lowest BCUT2D eigenvalue weighted by Gasteiger charge is -2.15. The number of hydrogen-bond donors (Lipinski definition) is 1. The number of amides is 1. The number of carbonyl (C=O) groups is 1. The maximum Gasteiger partial charge on any atom is 0.230 e. The number of rotatable bonds is 7. The molecule has 2 atom stereocenters. The molecule has 1 amide bonds.